The van der Waals surface area contributed by atoms with E-state index in [1.54, 1.807) is 53.4 Å². The molecular weight excluding hydrogens is 418 g/mol. The summed E-state index contributed by atoms with van der Waals surface area (Å²) >= 11 is 3.16. The van der Waals surface area contributed by atoms with E-state index >= 15 is 0 Å². The van der Waals surface area contributed by atoms with Crippen molar-refractivity contribution in [1.82, 2.24) is 10.3 Å². The van der Waals surface area contributed by atoms with Gasteiger partial charge in [-0.05, 0) is 50.2 Å². The first-order valence-electron chi connectivity index (χ1n) is 9.49. The molecule has 0 aliphatic heterocycles. The smallest absolute Gasteiger partial charge is 0.252 e. The molecule has 2 N–H and O–H groups in total. The number of benzene rings is 2. The van der Waals surface area contributed by atoms with Crippen LogP contribution in [0.15, 0.2) is 58.8 Å². The number of anilines is 1. The molecule has 0 fully saturated rings. The molecule has 0 aliphatic rings. The number of nitrogens with zero attached hydrogens (tertiary/aromatic N) is 1. The third kappa shape index (κ3) is 6.33. The van der Waals surface area contributed by atoms with Crippen molar-refractivity contribution in [3.63, 3.8) is 0 Å². The standard InChI is InChI=1S/C22H23N3O3S2/c1-3-28-18-10-8-16(9-11-18)25-21(26)12-23-22(27)19-6-4-5-7-20(19)30-14-17-13-29-15(2)24-17/h4-11,13H,3,12,14H2,1-2H3,(H,23,27)(H,25,26). The Labute approximate surface area is 184 Å². The molecule has 0 atom stereocenters. The number of amides is 2. The van der Waals surface area contributed by atoms with Crippen molar-refractivity contribution >= 4 is 40.6 Å². The zero-order valence-corrected chi connectivity index (χ0v) is 18.4. The molecule has 0 saturated carbocycles. The normalized spacial score (nSPS) is 10.5. The van der Waals surface area contributed by atoms with Gasteiger partial charge in [0.2, 0.25) is 5.91 Å². The van der Waals surface area contributed by atoms with Gasteiger partial charge in [-0.2, -0.15) is 0 Å². The molecule has 0 spiro atoms. The van der Waals surface area contributed by atoms with Crippen LogP contribution in [0.1, 0.15) is 28.0 Å². The third-order valence-electron chi connectivity index (χ3n) is 4.03. The second-order valence-corrected chi connectivity index (χ2v) is 8.41. The summed E-state index contributed by atoms with van der Waals surface area (Å²) < 4.78 is 5.38. The van der Waals surface area contributed by atoms with Gasteiger partial charge in [0.1, 0.15) is 5.75 Å². The van der Waals surface area contributed by atoms with E-state index in [1.165, 1.54) is 0 Å². The predicted molar refractivity (Wildman–Crippen MR) is 121 cm³/mol. The van der Waals surface area contributed by atoms with Gasteiger partial charge in [0, 0.05) is 21.7 Å². The molecule has 0 bridgehead atoms. The number of carbonyl (C=O) groups is 2. The number of thiazole rings is 1. The summed E-state index contributed by atoms with van der Waals surface area (Å²) in [5.74, 6) is 0.850. The first-order chi connectivity index (χ1) is 14.5. The summed E-state index contributed by atoms with van der Waals surface area (Å²) in [6, 6.07) is 14.5. The monoisotopic (exact) mass is 441 g/mol. The van der Waals surface area contributed by atoms with E-state index in [-0.39, 0.29) is 18.4 Å². The van der Waals surface area contributed by atoms with Crippen molar-refractivity contribution in [3.8, 4) is 5.75 Å². The molecule has 2 amide bonds. The van der Waals surface area contributed by atoms with Crippen LogP contribution >= 0.6 is 23.1 Å². The van der Waals surface area contributed by atoms with E-state index in [4.69, 9.17) is 4.74 Å². The fraction of sp³-hybridized carbons (Fsp3) is 0.227. The minimum Gasteiger partial charge on any atom is -0.494 e. The maximum atomic E-state index is 12.6. The highest BCUT2D eigenvalue weighted by Crippen LogP contribution is 2.26. The highest BCUT2D eigenvalue weighted by molar-refractivity contribution is 7.98. The number of nitrogens with one attached hydrogen (secondary N) is 2. The molecule has 30 heavy (non-hydrogen) atoms. The number of aryl methyl sites for hydroxylation is 1. The second-order valence-electron chi connectivity index (χ2n) is 6.33. The average molecular weight is 442 g/mol. The van der Waals surface area contributed by atoms with Gasteiger partial charge in [0.25, 0.3) is 5.91 Å². The van der Waals surface area contributed by atoms with Crippen molar-refractivity contribution in [2.45, 2.75) is 24.5 Å². The Balaban J connectivity index is 1.53. The molecule has 0 saturated heterocycles. The van der Waals surface area contributed by atoms with E-state index in [9.17, 15) is 9.59 Å². The Bertz CT molecular complexity index is 1000. The number of ether oxygens (including phenoxy) is 1. The number of hydrogen-bond acceptors (Lipinski definition) is 6. The molecule has 3 aromatic rings. The average Bonchev–Trinajstić information content (AvgIpc) is 3.17. The maximum Gasteiger partial charge on any atom is 0.252 e. The van der Waals surface area contributed by atoms with Gasteiger partial charge in [-0.25, -0.2) is 4.98 Å². The molecule has 6 nitrogen and oxygen atoms in total. The molecule has 8 heteroatoms. The van der Waals surface area contributed by atoms with Crippen LogP contribution in [0.4, 0.5) is 5.69 Å². The molecule has 3 rings (SSSR count). The van der Waals surface area contributed by atoms with Crippen LogP contribution in [0, 0.1) is 6.92 Å². The molecule has 156 valence electrons. The highest BCUT2D eigenvalue weighted by Gasteiger charge is 2.13. The molecule has 1 heterocycles. The summed E-state index contributed by atoms with van der Waals surface area (Å²) in [6.45, 7) is 4.35. The number of rotatable bonds is 9. The van der Waals surface area contributed by atoms with E-state index in [1.807, 2.05) is 37.4 Å². The Morgan fingerprint density at radius 3 is 2.60 bits per heavy atom. The van der Waals surface area contributed by atoms with Crippen LogP contribution < -0.4 is 15.4 Å². The maximum absolute atomic E-state index is 12.6. The lowest BCUT2D eigenvalue weighted by atomic mass is 10.2. The highest BCUT2D eigenvalue weighted by atomic mass is 32.2. The topological polar surface area (TPSA) is 80.3 Å². The molecule has 0 aliphatic carbocycles. The van der Waals surface area contributed by atoms with Crippen LogP contribution in [0.25, 0.3) is 0 Å². The van der Waals surface area contributed by atoms with Gasteiger partial charge in [-0.15, -0.1) is 23.1 Å². The number of aromatic nitrogens is 1. The van der Waals surface area contributed by atoms with Crippen LogP contribution in [0.3, 0.4) is 0 Å². The van der Waals surface area contributed by atoms with Crippen LogP contribution in [0.5, 0.6) is 5.75 Å². The number of hydrogen-bond donors (Lipinski definition) is 2. The number of carbonyl (C=O) groups excluding carboxylic acids is 2. The predicted octanol–water partition coefficient (Wildman–Crippen LogP) is 4.51. The fourth-order valence-corrected chi connectivity index (χ4v) is 4.33. The quantitative estimate of drug-likeness (QED) is 0.478. The summed E-state index contributed by atoms with van der Waals surface area (Å²) in [5.41, 5.74) is 2.18. The Morgan fingerprint density at radius 2 is 1.90 bits per heavy atom. The van der Waals surface area contributed by atoms with Gasteiger partial charge in [-0.3, -0.25) is 9.59 Å². The molecular formula is C22H23N3O3S2. The molecule has 0 radical (unpaired) electrons. The lowest BCUT2D eigenvalue weighted by molar-refractivity contribution is -0.115. The summed E-state index contributed by atoms with van der Waals surface area (Å²) in [7, 11) is 0. The minimum atomic E-state index is -0.296. The lowest BCUT2D eigenvalue weighted by Gasteiger charge is -2.10. The van der Waals surface area contributed by atoms with Gasteiger partial charge >= 0.3 is 0 Å². The van der Waals surface area contributed by atoms with Crippen LogP contribution in [-0.4, -0.2) is 29.9 Å². The van der Waals surface area contributed by atoms with Crippen LogP contribution in [0.2, 0.25) is 0 Å². The van der Waals surface area contributed by atoms with E-state index < -0.39 is 0 Å². The first-order valence-corrected chi connectivity index (χ1v) is 11.4. The van der Waals surface area contributed by atoms with Crippen LogP contribution in [-0.2, 0) is 10.5 Å². The van der Waals surface area contributed by atoms with E-state index in [2.05, 4.69) is 15.6 Å². The zero-order valence-electron chi connectivity index (χ0n) is 16.8. The van der Waals surface area contributed by atoms with Gasteiger partial charge in [0.15, 0.2) is 0 Å². The van der Waals surface area contributed by atoms with Crippen molar-refractivity contribution in [2.75, 3.05) is 18.5 Å². The van der Waals surface area contributed by atoms with E-state index in [0.29, 0.717) is 23.6 Å². The van der Waals surface area contributed by atoms with E-state index in [0.717, 1.165) is 21.3 Å². The lowest BCUT2D eigenvalue weighted by Crippen LogP contribution is -2.33. The Hall–Kier alpha value is -2.84. The SMILES string of the molecule is CCOc1ccc(NC(=O)CNC(=O)c2ccccc2SCc2csc(C)n2)cc1. The Morgan fingerprint density at radius 1 is 1.13 bits per heavy atom. The van der Waals surface area contributed by atoms with Crippen molar-refractivity contribution in [1.29, 1.82) is 0 Å². The third-order valence-corrected chi connectivity index (χ3v) is 5.96. The Kier molecular flexibility index (Phi) is 7.87. The second kappa shape index (κ2) is 10.8. The largest absolute Gasteiger partial charge is 0.494 e. The molecule has 2 aromatic carbocycles. The van der Waals surface area contributed by atoms with Crippen molar-refractivity contribution in [2.24, 2.45) is 0 Å². The first kappa shape index (κ1) is 21.9. The van der Waals surface area contributed by atoms with Gasteiger partial charge in [0.05, 0.1) is 29.4 Å². The van der Waals surface area contributed by atoms with Crippen molar-refractivity contribution < 1.29 is 14.3 Å². The molecule has 0 unspecified atom stereocenters. The minimum absolute atomic E-state index is 0.115. The summed E-state index contributed by atoms with van der Waals surface area (Å²) in [5, 5.41) is 8.50. The number of thioether (sulfide) groups is 1. The van der Waals surface area contributed by atoms with Gasteiger partial charge < -0.3 is 15.4 Å². The molecule has 1 aromatic heterocycles. The van der Waals surface area contributed by atoms with Crippen molar-refractivity contribution in [3.05, 3.63) is 70.2 Å². The fourth-order valence-electron chi connectivity index (χ4n) is 2.67. The van der Waals surface area contributed by atoms with Gasteiger partial charge in [-0.1, -0.05) is 12.1 Å². The zero-order chi connectivity index (χ0) is 21.3. The summed E-state index contributed by atoms with van der Waals surface area (Å²) in [4.78, 5) is 30.1. The summed E-state index contributed by atoms with van der Waals surface area (Å²) in [6.07, 6.45) is 0.